The molecule has 0 aromatic rings. The van der Waals surface area contributed by atoms with Crippen LogP contribution in [0.25, 0.3) is 0 Å². The standard InChI is InChI=1S/C84H154N2O4/c1-7-11-15-19-23-27-31-35-39-43-47-51-55-59-63-67-72-84(73-68-64-60-56-52-48-44-40-36-32-28-24-20-16-12-8-2)89-81-82(90-84)71-74-85(5)75-76-86(6)79-83(88-78-70-66-62-58-54-50-46-42-38-34-30-26-22-18-14-10-4)80-87-77-69-65-61-57-53-49-45-41-37-33-29-25-21-17-13-9-3/h23-30,35-42,82-83H,7-22,31-34,43-81H2,1-6H3/b27-23-,28-24-,29-25-,30-26-,39-35-,40-36-,41-37-,42-38-/t82-,83?/m1/s1. The fourth-order valence-electron chi connectivity index (χ4n) is 12.1. The van der Waals surface area contributed by atoms with Crippen molar-refractivity contribution >= 4 is 0 Å². The highest BCUT2D eigenvalue weighted by Gasteiger charge is 2.40. The number of unbranched alkanes of at least 4 members (excludes halogenated alkanes) is 36. The lowest BCUT2D eigenvalue weighted by molar-refractivity contribution is -0.180. The van der Waals surface area contributed by atoms with Crippen molar-refractivity contribution in [2.24, 2.45) is 0 Å². The summed E-state index contributed by atoms with van der Waals surface area (Å²) in [4.78, 5) is 4.98. The van der Waals surface area contributed by atoms with Gasteiger partial charge in [-0.3, -0.25) is 0 Å². The zero-order chi connectivity index (χ0) is 64.7. The zero-order valence-electron chi connectivity index (χ0n) is 61.1. The maximum Gasteiger partial charge on any atom is 0.168 e. The van der Waals surface area contributed by atoms with Crippen molar-refractivity contribution in [3.8, 4) is 0 Å². The van der Waals surface area contributed by atoms with Crippen LogP contribution in [0.5, 0.6) is 0 Å². The van der Waals surface area contributed by atoms with E-state index in [1.807, 2.05) is 0 Å². The molecule has 0 aromatic carbocycles. The molecule has 1 fully saturated rings. The zero-order valence-corrected chi connectivity index (χ0v) is 61.1. The summed E-state index contributed by atoms with van der Waals surface area (Å²) in [7, 11) is 4.57. The molecule has 1 aliphatic heterocycles. The van der Waals surface area contributed by atoms with Crippen molar-refractivity contribution < 1.29 is 18.9 Å². The van der Waals surface area contributed by atoms with Crippen molar-refractivity contribution in [3.05, 3.63) is 97.2 Å². The molecule has 0 N–H and O–H groups in total. The fraction of sp³-hybridized carbons (Fsp3) is 0.810. The average molecular weight is 1260 g/mol. The maximum atomic E-state index is 7.03. The number of likely N-dealkylation sites (N-methyl/N-ethyl adjacent to an activating group) is 2. The fourth-order valence-corrected chi connectivity index (χ4v) is 12.1. The Labute approximate surface area is 562 Å². The van der Waals surface area contributed by atoms with Crippen molar-refractivity contribution in [2.75, 3.05) is 66.7 Å². The normalized spacial score (nSPS) is 15.3. The molecule has 524 valence electrons. The van der Waals surface area contributed by atoms with Gasteiger partial charge in [-0.15, -0.1) is 0 Å². The van der Waals surface area contributed by atoms with Gasteiger partial charge in [0.25, 0.3) is 0 Å². The first-order valence-electron chi connectivity index (χ1n) is 39.6. The molecule has 0 radical (unpaired) electrons. The lowest BCUT2D eigenvalue weighted by Gasteiger charge is -2.29. The summed E-state index contributed by atoms with van der Waals surface area (Å²) < 4.78 is 26.8. The van der Waals surface area contributed by atoms with E-state index in [0.717, 1.165) is 104 Å². The highest BCUT2D eigenvalue weighted by Crippen LogP contribution is 2.36. The van der Waals surface area contributed by atoms with Gasteiger partial charge in [-0.2, -0.15) is 0 Å². The van der Waals surface area contributed by atoms with Crippen molar-refractivity contribution in [1.29, 1.82) is 0 Å². The summed E-state index contributed by atoms with van der Waals surface area (Å²) in [6.45, 7) is 16.2. The molecule has 6 heteroatoms. The average Bonchev–Trinajstić information content (AvgIpc) is 2.64. The molecule has 0 aliphatic carbocycles. The summed E-state index contributed by atoms with van der Waals surface area (Å²) >= 11 is 0. The number of allylic oxidation sites excluding steroid dienone is 16. The summed E-state index contributed by atoms with van der Waals surface area (Å²) in [6.07, 6.45) is 102. The lowest BCUT2D eigenvalue weighted by atomic mass is 9.98. The summed E-state index contributed by atoms with van der Waals surface area (Å²) in [5, 5.41) is 0. The Balaban J connectivity index is 2.61. The van der Waals surface area contributed by atoms with Crippen LogP contribution in [-0.2, 0) is 18.9 Å². The highest BCUT2D eigenvalue weighted by atomic mass is 16.7. The van der Waals surface area contributed by atoms with Crippen LogP contribution in [0.1, 0.15) is 355 Å². The molecule has 1 heterocycles. The van der Waals surface area contributed by atoms with Crippen LogP contribution >= 0.6 is 0 Å². The van der Waals surface area contributed by atoms with Gasteiger partial charge in [0.15, 0.2) is 5.79 Å². The van der Waals surface area contributed by atoms with Gasteiger partial charge in [-0.05, 0) is 175 Å². The van der Waals surface area contributed by atoms with Gasteiger partial charge in [-0.1, -0.05) is 279 Å². The minimum Gasteiger partial charge on any atom is -0.379 e. The molecule has 0 amide bonds. The summed E-state index contributed by atoms with van der Waals surface area (Å²) in [6, 6.07) is 0. The largest absolute Gasteiger partial charge is 0.379 e. The molecule has 0 bridgehead atoms. The third kappa shape index (κ3) is 61.8. The van der Waals surface area contributed by atoms with E-state index in [4.69, 9.17) is 18.9 Å². The van der Waals surface area contributed by atoms with Gasteiger partial charge in [0, 0.05) is 52.2 Å². The summed E-state index contributed by atoms with van der Waals surface area (Å²) in [5.41, 5.74) is 0. The second kappa shape index (κ2) is 71.0. The topological polar surface area (TPSA) is 43.4 Å². The molecule has 6 nitrogen and oxygen atoms in total. The Morgan fingerprint density at radius 2 is 0.667 bits per heavy atom. The predicted molar refractivity (Wildman–Crippen MR) is 400 cm³/mol. The minimum absolute atomic E-state index is 0.106. The Morgan fingerprint density at radius 1 is 0.356 bits per heavy atom. The Morgan fingerprint density at radius 3 is 1.03 bits per heavy atom. The van der Waals surface area contributed by atoms with Crippen LogP contribution < -0.4 is 0 Å². The maximum absolute atomic E-state index is 7.03. The Bertz CT molecular complexity index is 1630. The number of rotatable bonds is 71. The third-order valence-electron chi connectivity index (χ3n) is 18.1. The lowest BCUT2D eigenvalue weighted by Crippen LogP contribution is -2.39. The van der Waals surface area contributed by atoms with Crippen molar-refractivity contribution in [3.63, 3.8) is 0 Å². The van der Waals surface area contributed by atoms with E-state index < -0.39 is 5.79 Å². The second-order valence-corrected chi connectivity index (χ2v) is 27.2. The molecule has 1 aliphatic rings. The van der Waals surface area contributed by atoms with E-state index in [1.54, 1.807) is 0 Å². The van der Waals surface area contributed by atoms with Gasteiger partial charge in [0.1, 0.15) is 0 Å². The predicted octanol–water partition coefficient (Wildman–Crippen LogP) is 25.8. The first-order valence-corrected chi connectivity index (χ1v) is 39.6. The molecular formula is C84H154N2O4. The molecule has 1 unspecified atom stereocenters. The molecule has 90 heavy (non-hydrogen) atoms. The molecule has 0 saturated carbocycles. The smallest absolute Gasteiger partial charge is 0.168 e. The molecule has 1 saturated heterocycles. The first kappa shape index (κ1) is 85.7. The third-order valence-corrected chi connectivity index (χ3v) is 18.1. The Kier molecular flexibility index (Phi) is 67.6. The van der Waals surface area contributed by atoms with Crippen LogP contribution in [0, 0.1) is 0 Å². The van der Waals surface area contributed by atoms with Crippen LogP contribution in [0.4, 0.5) is 0 Å². The van der Waals surface area contributed by atoms with E-state index in [1.165, 1.54) is 270 Å². The van der Waals surface area contributed by atoms with Crippen LogP contribution in [0.3, 0.4) is 0 Å². The first-order chi connectivity index (χ1) is 44.5. The van der Waals surface area contributed by atoms with Crippen molar-refractivity contribution in [2.45, 2.75) is 373 Å². The van der Waals surface area contributed by atoms with Crippen LogP contribution in [0.2, 0.25) is 0 Å². The Hall–Kier alpha value is -2.32. The number of hydrogen-bond acceptors (Lipinski definition) is 6. The van der Waals surface area contributed by atoms with E-state index in [-0.39, 0.29) is 12.2 Å². The quantitative estimate of drug-likeness (QED) is 0.0447. The number of hydrogen-bond donors (Lipinski definition) is 0. The van der Waals surface area contributed by atoms with Gasteiger partial charge in [-0.25, -0.2) is 0 Å². The highest BCUT2D eigenvalue weighted by molar-refractivity contribution is 4.95. The van der Waals surface area contributed by atoms with Gasteiger partial charge < -0.3 is 28.7 Å². The van der Waals surface area contributed by atoms with Gasteiger partial charge in [0.2, 0.25) is 0 Å². The molecule has 0 aromatic heterocycles. The van der Waals surface area contributed by atoms with Crippen LogP contribution in [-0.4, -0.2) is 94.5 Å². The second-order valence-electron chi connectivity index (χ2n) is 27.2. The number of ether oxygens (including phenoxy) is 4. The molecule has 0 spiro atoms. The SMILES string of the molecule is CCCCC/C=C\C/C=C\CCCCCCCCOCC(CN(C)CCN(C)CC[C@@H]1COC(CCCCCCCC/C=C\C/C=C\CCCCC)(CCCCCCCC/C=C\C/C=C\CCCCC)O1)OCCCCCCCC/C=C\C/C=C\CCCCC. The van der Waals surface area contributed by atoms with Crippen molar-refractivity contribution in [1.82, 2.24) is 9.80 Å². The van der Waals surface area contributed by atoms with Gasteiger partial charge in [0.05, 0.1) is 25.4 Å². The van der Waals surface area contributed by atoms with Gasteiger partial charge >= 0.3 is 0 Å². The van der Waals surface area contributed by atoms with E-state index in [2.05, 4.69) is 149 Å². The van der Waals surface area contributed by atoms with E-state index in [9.17, 15) is 0 Å². The molecular weight excluding hydrogens is 1100 g/mol. The van der Waals surface area contributed by atoms with Crippen LogP contribution in [0.15, 0.2) is 97.2 Å². The number of nitrogens with zero attached hydrogens (tertiary/aromatic N) is 2. The molecule has 1 rings (SSSR count). The minimum atomic E-state index is -0.393. The summed E-state index contributed by atoms with van der Waals surface area (Å²) in [5.74, 6) is -0.393. The molecule has 2 atom stereocenters. The van der Waals surface area contributed by atoms with E-state index >= 15 is 0 Å². The monoisotopic (exact) mass is 1260 g/mol. The van der Waals surface area contributed by atoms with E-state index in [0.29, 0.717) is 6.61 Å².